The third-order valence-corrected chi connectivity index (χ3v) is 5.34. The van der Waals surface area contributed by atoms with E-state index in [9.17, 15) is 13.8 Å². The van der Waals surface area contributed by atoms with Crippen molar-refractivity contribution in [3.63, 3.8) is 0 Å². The molecule has 20 heavy (non-hydrogen) atoms. The first-order valence-corrected chi connectivity index (χ1v) is 7.94. The number of rotatable bonds is 7. The minimum absolute atomic E-state index is 0.250. The average Bonchev–Trinajstić information content (AvgIpc) is 2.40. The Bertz CT molecular complexity index is 504. The predicted molar refractivity (Wildman–Crippen MR) is 74.5 cm³/mol. The molecule has 1 rings (SSSR count). The summed E-state index contributed by atoms with van der Waals surface area (Å²) in [5.74, 6) is -0.651. The Morgan fingerprint density at radius 1 is 1.35 bits per heavy atom. The summed E-state index contributed by atoms with van der Waals surface area (Å²) < 4.78 is 31.0. The Balaban J connectivity index is 2.89. The number of carbonyl (C=O) groups excluding carboxylic acids is 1. The summed E-state index contributed by atoms with van der Waals surface area (Å²) in [6.45, 7) is 4.24. The lowest BCUT2D eigenvalue weighted by atomic mass is 10.2. The largest absolute Gasteiger partial charge is 0.432 e. The molecule has 1 aromatic rings. The molecule has 0 fully saturated rings. The molecule has 0 aliphatic carbocycles. The van der Waals surface area contributed by atoms with Gasteiger partial charge < -0.3 is 9.63 Å². The smallest absolute Gasteiger partial charge is 0.319 e. The van der Waals surface area contributed by atoms with E-state index in [1.807, 2.05) is 0 Å². The molecule has 0 aromatic heterocycles. The van der Waals surface area contributed by atoms with Gasteiger partial charge in [0.05, 0.1) is 11.7 Å². The number of benzene rings is 1. The normalized spacial score (nSPS) is 15.7. The third kappa shape index (κ3) is 4.40. The molecule has 0 amide bonds. The van der Waals surface area contributed by atoms with E-state index in [-0.39, 0.29) is 11.4 Å². The van der Waals surface area contributed by atoms with Crippen molar-refractivity contribution >= 4 is 13.3 Å². The Hall–Kier alpha value is -1.23. The molecule has 0 aliphatic heterocycles. The molecule has 1 unspecified atom stereocenters. The fourth-order valence-electron chi connectivity index (χ4n) is 1.41. The van der Waals surface area contributed by atoms with Crippen molar-refractivity contribution in [1.82, 2.24) is 5.09 Å². The summed E-state index contributed by atoms with van der Waals surface area (Å²) >= 11 is 0. The highest BCUT2D eigenvalue weighted by Crippen LogP contribution is 2.48. The average molecular weight is 303 g/mol. The Labute approximate surface area is 117 Å². The predicted octanol–water partition coefficient (Wildman–Crippen LogP) is 2.35. The monoisotopic (exact) mass is 303 g/mol. The lowest BCUT2D eigenvalue weighted by Crippen LogP contribution is -2.36. The Kier molecular flexibility index (Phi) is 5.87. The fraction of sp³-hybridized carbons (Fsp3) is 0.462. The van der Waals surface area contributed by atoms with Gasteiger partial charge in [0.2, 0.25) is 0 Å². The van der Waals surface area contributed by atoms with Crippen LogP contribution in [0.1, 0.15) is 20.8 Å². The molecule has 0 spiro atoms. The summed E-state index contributed by atoms with van der Waals surface area (Å²) in [4.78, 5) is 11.4. The van der Waals surface area contributed by atoms with Crippen LogP contribution in [0.2, 0.25) is 0 Å². The van der Waals surface area contributed by atoms with Crippen LogP contribution in [0, 0.1) is 5.82 Å². The first-order valence-electron chi connectivity index (χ1n) is 6.24. The molecule has 0 heterocycles. The third-order valence-electron chi connectivity index (χ3n) is 2.75. The molecule has 2 N–H and O–H groups in total. The second kappa shape index (κ2) is 6.97. The van der Waals surface area contributed by atoms with E-state index in [1.165, 1.54) is 31.2 Å². The maximum Gasteiger partial charge on any atom is 0.319 e. The molecular weight excluding hydrogens is 284 g/mol. The number of Topliss-reactive ketones (excluding diaryl/α,β-unsaturated/α-hetero) is 1. The molecule has 0 saturated carbocycles. The van der Waals surface area contributed by atoms with Gasteiger partial charge in [-0.05, 0) is 31.2 Å². The van der Waals surface area contributed by atoms with Gasteiger partial charge in [-0.3, -0.25) is 9.36 Å². The van der Waals surface area contributed by atoms with Gasteiger partial charge in [-0.25, -0.2) is 9.48 Å². The summed E-state index contributed by atoms with van der Waals surface area (Å²) in [7, 11) is -3.36. The van der Waals surface area contributed by atoms with Crippen LogP contribution in [0.5, 0.6) is 5.75 Å². The number of hydrogen-bond acceptors (Lipinski definition) is 4. The molecule has 0 bridgehead atoms. The van der Waals surface area contributed by atoms with Crippen LogP contribution < -0.4 is 9.61 Å². The van der Waals surface area contributed by atoms with E-state index in [0.717, 1.165) is 0 Å². The van der Waals surface area contributed by atoms with Crippen LogP contribution >= 0.6 is 7.52 Å². The summed E-state index contributed by atoms with van der Waals surface area (Å²) in [5, 5.41) is 11.4. The maximum atomic E-state index is 12.8. The first kappa shape index (κ1) is 16.8. The highest BCUT2D eigenvalue weighted by molar-refractivity contribution is 7.58. The van der Waals surface area contributed by atoms with Gasteiger partial charge in [0.1, 0.15) is 18.2 Å². The van der Waals surface area contributed by atoms with Crippen LogP contribution in [0.25, 0.3) is 0 Å². The SMILES string of the molecule is CC(C)P(=O)(N[C@@H](C)C(=O)CO)Oc1ccc(F)cc1. The molecule has 2 atom stereocenters. The van der Waals surface area contributed by atoms with Gasteiger partial charge in [0.15, 0.2) is 5.78 Å². The van der Waals surface area contributed by atoms with Crippen molar-refractivity contribution in [3.05, 3.63) is 30.1 Å². The van der Waals surface area contributed by atoms with Gasteiger partial charge in [0, 0.05) is 0 Å². The van der Waals surface area contributed by atoms with Crippen molar-refractivity contribution in [2.24, 2.45) is 0 Å². The Morgan fingerprint density at radius 2 is 1.90 bits per heavy atom. The van der Waals surface area contributed by atoms with E-state index in [1.54, 1.807) is 13.8 Å². The van der Waals surface area contributed by atoms with Crippen LogP contribution in [-0.4, -0.2) is 29.2 Å². The Morgan fingerprint density at radius 3 is 2.35 bits per heavy atom. The van der Waals surface area contributed by atoms with Gasteiger partial charge in [0.25, 0.3) is 0 Å². The number of aliphatic hydroxyl groups is 1. The molecular formula is C13H19FNO4P. The zero-order valence-electron chi connectivity index (χ0n) is 11.7. The zero-order chi connectivity index (χ0) is 15.3. The minimum Gasteiger partial charge on any atom is -0.432 e. The lowest BCUT2D eigenvalue weighted by molar-refractivity contribution is -0.123. The van der Waals surface area contributed by atoms with Crippen molar-refractivity contribution in [2.75, 3.05) is 6.61 Å². The van der Waals surface area contributed by atoms with E-state index in [4.69, 9.17) is 9.63 Å². The fourth-order valence-corrected chi connectivity index (χ4v) is 3.09. The van der Waals surface area contributed by atoms with Crippen molar-refractivity contribution in [1.29, 1.82) is 0 Å². The van der Waals surface area contributed by atoms with Crippen LogP contribution in [0.15, 0.2) is 24.3 Å². The van der Waals surface area contributed by atoms with Crippen LogP contribution in [0.4, 0.5) is 4.39 Å². The molecule has 7 heteroatoms. The molecule has 5 nitrogen and oxygen atoms in total. The van der Waals surface area contributed by atoms with E-state index in [2.05, 4.69) is 5.09 Å². The number of carbonyl (C=O) groups is 1. The van der Waals surface area contributed by atoms with Crippen LogP contribution in [0.3, 0.4) is 0 Å². The van der Waals surface area contributed by atoms with Crippen molar-refractivity contribution in [2.45, 2.75) is 32.5 Å². The van der Waals surface area contributed by atoms with Crippen molar-refractivity contribution in [3.8, 4) is 5.75 Å². The van der Waals surface area contributed by atoms with Gasteiger partial charge in [-0.2, -0.15) is 0 Å². The molecule has 0 saturated heterocycles. The van der Waals surface area contributed by atoms with Gasteiger partial charge >= 0.3 is 7.52 Å². The number of nitrogens with one attached hydrogen (secondary N) is 1. The number of ketones is 1. The van der Waals surface area contributed by atoms with E-state index in [0.29, 0.717) is 0 Å². The molecule has 1 aromatic carbocycles. The van der Waals surface area contributed by atoms with Gasteiger partial charge in [-0.1, -0.05) is 13.8 Å². The number of halogens is 1. The van der Waals surface area contributed by atoms with Crippen LogP contribution in [-0.2, 0) is 9.36 Å². The summed E-state index contributed by atoms with van der Waals surface area (Å²) in [6.07, 6.45) is 0. The molecule has 0 aliphatic rings. The molecule has 0 radical (unpaired) electrons. The lowest BCUT2D eigenvalue weighted by Gasteiger charge is -2.26. The number of aliphatic hydroxyl groups excluding tert-OH is 1. The second-order valence-corrected chi connectivity index (χ2v) is 7.38. The van der Waals surface area contributed by atoms with E-state index >= 15 is 0 Å². The first-order chi connectivity index (χ1) is 9.28. The topological polar surface area (TPSA) is 75.6 Å². The minimum atomic E-state index is -3.36. The quantitative estimate of drug-likeness (QED) is 0.756. The second-order valence-electron chi connectivity index (χ2n) is 4.71. The number of hydrogen-bond donors (Lipinski definition) is 2. The zero-order valence-corrected chi connectivity index (χ0v) is 12.6. The molecule has 112 valence electrons. The summed E-state index contributed by atoms with van der Waals surface area (Å²) in [6, 6.07) is 4.33. The van der Waals surface area contributed by atoms with Crippen molar-refractivity contribution < 1.29 is 23.4 Å². The standard InChI is InChI=1S/C13H19FNO4P/c1-9(2)20(18,15-10(3)13(17)8-16)19-12-6-4-11(14)5-7-12/h4-7,9-10,16H,8H2,1-3H3,(H,15,18)/t10-,20?/m0/s1. The highest BCUT2D eigenvalue weighted by atomic mass is 31.2. The maximum absolute atomic E-state index is 12.8. The van der Waals surface area contributed by atoms with Gasteiger partial charge in [-0.15, -0.1) is 0 Å². The highest BCUT2D eigenvalue weighted by Gasteiger charge is 2.32. The van der Waals surface area contributed by atoms with E-state index < -0.39 is 31.8 Å². The summed E-state index contributed by atoms with van der Waals surface area (Å²) in [5.41, 5.74) is -0.388.